The lowest BCUT2D eigenvalue weighted by Crippen LogP contribution is -1.97. The second-order valence-corrected chi connectivity index (χ2v) is 3.98. The van der Waals surface area contributed by atoms with E-state index in [2.05, 4.69) is 36.4 Å². The maximum Gasteiger partial charge on any atom is 0.140 e. The van der Waals surface area contributed by atoms with Crippen molar-refractivity contribution >= 4 is 12.6 Å². The number of nitrogens with zero attached hydrogens (tertiary/aromatic N) is 2. The summed E-state index contributed by atoms with van der Waals surface area (Å²) in [4.78, 5) is 8.42. The molecule has 0 aliphatic carbocycles. The van der Waals surface area contributed by atoms with Crippen molar-refractivity contribution < 1.29 is 0 Å². The summed E-state index contributed by atoms with van der Waals surface area (Å²) in [7, 11) is 0. The van der Waals surface area contributed by atoms with Gasteiger partial charge in [0.1, 0.15) is 5.82 Å². The van der Waals surface area contributed by atoms with Gasteiger partial charge in [0.05, 0.1) is 5.25 Å². The van der Waals surface area contributed by atoms with E-state index >= 15 is 0 Å². The van der Waals surface area contributed by atoms with Crippen LogP contribution in [-0.4, -0.2) is 9.97 Å². The molecule has 66 valence electrons. The average molecular weight is 182 g/mol. The molecule has 0 aliphatic heterocycles. The van der Waals surface area contributed by atoms with Gasteiger partial charge in [-0.2, -0.15) is 12.6 Å². The lowest BCUT2D eigenvalue weighted by Gasteiger charge is -2.06. The first kappa shape index (κ1) is 9.52. The fraction of sp³-hybridized carbons (Fsp3) is 0.556. The molecule has 0 amide bonds. The van der Waals surface area contributed by atoms with Crippen molar-refractivity contribution in [3.05, 3.63) is 23.8 Å². The molecule has 2 nitrogen and oxygen atoms in total. The van der Waals surface area contributed by atoms with E-state index < -0.39 is 0 Å². The highest BCUT2D eigenvalue weighted by Gasteiger charge is 2.04. The van der Waals surface area contributed by atoms with Gasteiger partial charge in [0, 0.05) is 12.4 Å². The molecule has 0 aromatic carbocycles. The van der Waals surface area contributed by atoms with Crippen LogP contribution < -0.4 is 0 Å². The molecule has 0 saturated heterocycles. The molecule has 0 spiro atoms. The molecule has 12 heavy (non-hydrogen) atoms. The van der Waals surface area contributed by atoms with Gasteiger partial charge in [0.25, 0.3) is 0 Å². The van der Waals surface area contributed by atoms with Gasteiger partial charge in [-0.05, 0) is 18.4 Å². The molecule has 1 atom stereocenters. The topological polar surface area (TPSA) is 25.8 Å². The summed E-state index contributed by atoms with van der Waals surface area (Å²) in [6, 6.07) is 0. The van der Waals surface area contributed by atoms with Gasteiger partial charge in [-0.1, -0.05) is 13.8 Å². The summed E-state index contributed by atoms with van der Waals surface area (Å²) in [6.45, 7) is 6.22. The van der Waals surface area contributed by atoms with E-state index in [0.717, 1.165) is 5.82 Å². The Balaban J connectivity index is 2.86. The van der Waals surface area contributed by atoms with Crippen LogP contribution in [0.2, 0.25) is 0 Å². The fourth-order valence-electron chi connectivity index (χ4n) is 0.862. The van der Waals surface area contributed by atoms with Crippen LogP contribution in [0.1, 0.15) is 43.3 Å². The Labute approximate surface area is 78.9 Å². The Morgan fingerprint density at radius 2 is 1.67 bits per heavy atom. The van der Waals surface area contributed by atoms with Gasteiger partial charge in [0.15, 0.2) is 0 Å². The van der Waals surface area contributed by atoms with E-state index in [1.54, 1.807) is 0 Å². The largest absolute Gasteiger partial charge is 0.240 e. The summed E-state index contributed by atoms with van der Waals surface area (Å²) >= 11 is 4.25. The van der Waals surface area contributed by atoms with Gasteiger partial charge in [-0.15, -0.1) is 0 Å². The quantitative estimate of drug-likeness (QED) is 0.711. The van der Waals surface area contributed by atoms with Crippen molar-refractivity contribution in [2.75, 3.05) is 0 Å². The van der Waals surface area contributed by atoms with Gasteiger partial charge < -0.3 is 0 Å². The molecule has 0 fully saturated rings. The van der Waals surface area contributed by atoms with Crippen molar-refractivity contribution in [1.29, 1.82) is 0 Å². The molecule has 0 saturated carbocycles. The van der Waals surface area contributed by atoms with Gasteiger partial charge in [0.2, 0.25) is 0 Å². The second kappa shape index (κ2) is 3.90. The van der Waals surface area contributed by atoms with E-state index in [0.29, 0.717) is 5.92 Å². The SMILES string of the molecule is CC(C)c1cnc(C(C)S)nc1. The van der Waals surface area contributed by atoms with Crippen molar-refractivity contribution in [3.8, 4) is 0 Å². The number of hydrogen-bond acceptors (Lipinski definition) is 3. The molecular formula is C9H14N2S. The monoisotopic (exact) mass is 182 g/mol. The Hall–Kier alpha value is -0.570. The normalized spacial score (nSPS) is 13.4. The fourth-order valence-corrected chi connectivity index (χ4v) is 0.995. The molecule has 1 heterocycles. The van der Waals surface area contributed by atoms with Gasteiger partial charge >= 0.3 is 0 Å². The van der Waals surface area contributed by atoms with Crippen LogP contribution in [0.4, 0.5) is 0 Å². The molecular weight excluding hydrogens is 168 g/mol. The summed E-state index contributed by atoms with van der Waals surface area (Å²) < 4.78 is 0. The molecule has 0 bridgehead atoms. The first-order chi connectivity index (χ1) is 5.61. The molecule has 1 unspecified atom stereocenters. The van der Waals surface area contributed by atoms with Gasteiger partial charge in [-0.25, -0.2) is 9.97 Å². The average Bonchev–Trinajstić information content (AvgIpc) is 2.04. The lowest BCUT2D eigenvalue weighted by molar-refractivity contribution is 0.822. The third kappa shape index (κ3) is 2.21. The molecule has 0 N–H and O–H groups in total. The van der Waals surface area contributed by atoms with Gasteiger partial charge in [-0.3, -0.25) is 0 Å². The summed E-state index contributed by atoms with van der Waals surface area (Å²) in [5.74, 6) is 1.29. The van der Waals surface area contributed by atoms with E-state index in [-0.39, 0.29) is 5.25 Å². The Kier molecular flexibility index (Phi) is 3.09. The highest BCUT2D eigenvalue weighted by atomic mass is 32.1. The van der Waals surface area contributed by atoms with Crippen LogP contribution in [0.25, 0.3) is 0 Å². The number of rotatable bonds is 2. The molecule has 1 aromatic rings. The zero-order chi connectivity index (χ0) is 9.14. The minimum absolute atomic E-state index is 0.117. The van der Waals surface area contributed by atoms with Crippen molar-refractivity contribution in [1.82, 2.24) is 9.97 Å². The highest BCUT2D eigenvalue weighted by molar-refractivity contribution is 7.80. The summed E-state index contributed by atoms with van der Waals surface area (Å²) in [6.07, 6.45) is 3.75. The summed E-state index contributed by atoms with van der Waals surface area (Å²) in [5.41, 5.74) is 1.17. The van der Waals surface area contributed by atoms with Crippen LogP contribution in [0.3, 0.4) is 0 Å². The van der Waals surface area contributed by atoms with Crippen molar-refractivity contribution in [3.63, 3.8) is 0 Å². The Morgan fingerprint density at radius 1 is 1.17 bits per heavy atom. The third-order valence-corrected chi connectivity index (χ3v) is 1.96. The smallest absolute Gasteiger partial charge is 0.140 e. The minimum atomic E-state index is 0.117. The third-order valence-electron chi connectivity index (χ3n) is 1.73. The first-order valence-corrected chi connectivity index (χ1v) is 4.62. The Bertz CT molecular complexity index is 214. The van der Waals surface area contributed by atoms with Crippen LogP contribution in [0.15, 0.2) is 12.4 Å². The van der Waals surface area contributed by atoms with Crippen LogP contribution in [-0.2, 0) is 0 Å². The summed E-state index contributed by atoms with van der Waals surface area (Å²) in [5, 5.41) is 0.117. The molecule has 1 aromatic heterocycles. The number of aromatic nitrogens is 2. The van der Waals surface area contributed by atoms with Crippen LogP contribution >= 0.6 is 12.6 Å². The molecule has 3 heteroatoms. The minimum Gasteiger partial charge on any atom is -0.240 e. The van der Waals surface area contributed by atoms with Crippen molar-refractivity contribution in [2.24, 2.45) is 0 Å². The molecule has 0 radical (unpaired) electrons. The zero-order valence-corrected chi connectivity index (χ0v) is 8.55. The number of hydrogen-bond donors (Lipinski definition) is 1. The molecule has 1 rings (SSSR count). The van der Waals surface area contributed by atoms with Crippen molar-refractivity contribution in [2.45, 2.75) is 31.9 Å². The second-order valence-electron chi connectivity index (χ2n) is 3.21. The highest BCUT2D eigenvalue weighted by Crippen LogP contribution is 2.16. The van der Waals surface area contributed by atoms with Crippen LogP contribution in [0.5, 0.6) is 0 Å². The number of thiol groups is 1. The predicted octanol–water partition coefficient (Wildman–Crippen LogP) is 2.59. The standard InChI is InChI=1S/C9H14N2S/c1-6(2)8-4-10-9(7(3)12)11-5-8/h4-7,12H,1-3H3. The zero-order valence-electron chi connectivity index (χ0n) is 7.65. The predicted molar refractivity (Wildman–Crippen MR) is 53.5 cm³/mol. The van der Waals surface area contributed by atoms with E-state index in [1.165, 1.54) is 5.56 Å². The van der Waals surface area contributed by atoms with E-state index in [4.69, 9.17) is 0 Å². The van der Waals surface area contributed by atoms with E-state index in [1.807, 2.05) is 19.3 Å². The molecule has 0 aliphatic rings. The first-order valence-electron chi connectivity index (χ1n) is 4.11. The van der Waals surface area contributed by atoms with E-state index in [9.17, 15) is 0 Å². The maximum absolute atomic E-state index is 4.25. The maximum atomic E-state index is 4.25. The Morgan fingerprint density at radius 3 is 2.00 bits per heavy atom. The van der Waals surface area contributed by atoms with Crippen LogP contribution in [0, 0.1) is 0 Å². The lowest BCUT2D eigenvalue weighted by atomic mass is 10.1.